The summed E-state index contributed by atoms with van der Waals surface area (Å²) in [7, 11) is 0. The fraction of sp³-hybridized carbons (Fsp3) is 0.571. The minimum absolute atomic E-state index is 0. The van der Waals surface area contributed by atoms with E-state index in [1.165, 1.54) is 18.4 Å². The third kappa shape index (κ3) is 5.13. The van der Waals surface area contributed by atoms with E-state index in [9.17, 15) is 0 Å². The largest absolute Gasteiger partial charge is 0.325 e. The number of hydrogen-bond donors (Lipinski definition) is 1. The maximum atomic E-state index is 6.21. The lowest BCUT2D eigenvalue weighted by Gasteiger charge is -2.30. The Labute approximate surface area is 110 Å². The first-order chi connectivity index (χ1) is 7.04. The molecule has 0 aromatic heterocycles. The summed E-state index contributed by atoms with van der Waals surface area (Å²) in [5, 5.41) is 0. The molecule has 0 aliphatic rings. The molecular formula is C14H24BrN. The quantitative estimate of drug-likeness (QED) is 0.871. The molecule has 0 amide bonds. The molecule has 0 saturated heterocycles. The summed E-state index contributed by atoms with van der Waals surface area (Å²) in [6.45, 7) is 6.50. The summed E-state index contributed by atoms with van der Waals surface area (Å²) < 4.78 is 0. The maximum absolute atomic E-state index is 6.21. The van der Waals surface area contributed by atoms with Crippen molar-refractivity contribution in [2.24, 2.45) is 11.7 Å². The Morgan fingerprint density at radius 1 is 1.19 bits per heavy atom. The van der Waals surface area contributed by atoms with Crippen molar-refractivity contribution in [1.29, 1.82) is 0 Å². The minimum Gasteiger partial charge on any atom is -0.325 e. The van der Waals surface area contributed by atoms with Gasteiger partial charge in [0, 0.05) is 5.54 Å². The second-order valence-corrected chi connectivity index (χ2v) is 5.00. The van der Waals surface area contributed by atoms with Crippen LogP contribution >= 0.6 is 17.0 Å². The van der Waals surface area contributed by atoms with Gasteiger partial charge in [0.05, 0.1) is 0 Å². The predicted octanol–water partition coefficient (Wildman–Crippen LogP) is 3.96. The average Bonchev–Trinajstić information content (AvgIpc) is 2.17. The molecule has 1 rings (SSSR count). The molecule has 0 aliphatic carbocycles. The topological polar surface area (TPSA) is 26.0 Å². The van der Waals surface area contributed by atoms with Crippen molar-refractivity contribution in [2.45, 2.75) is 45.6 Å². The summed E-state index contributed by atoms with van der Waals surface area (Å²) in [6.07, 6.45) is 3.51. The monoisotopic (exact) mass is 285 g/mol. The zero-order valence-electron chi connectivity index (χ0n) is 10.6. The lowest BCUT2D eigenvalue weighted by molar-refractivity contribution is 0.297. The van der Waals surface area contributed by atoms with Crippen LogP contribution in [0.25, 0.3) is 0 Å². The van der Waals surface area contributed by atoms with Crippen LogP contribution in [0.1, 0.15) is 39.2 Å². The molecule has 16 heavy (non-hydrogen) atoms. The van der Waals surface area contributed by atoms with Gasteiger partial charge in [0.15, 0.2) is 0 Å². The van der Waals surface area contributed by atoms with Gasteiger partial charge < -0.3 is 5.73 Å². The second-order valence-electron chi connectivity index (χ2n) is 5.00. The van der Waals surface area contributed by atoms with E-state index in [0.717, 1.165) is 6.42 Å². The fourth-order valence-electron chi connectivity index (χ4n) is 1.98. The fourth-order valence-corrected chi connectivity index (χ4v) is 1.98. The van der Waals surface area contributed by atoms with Crippen molar-refractivity contribution in [3.63, 3.8) is 0 Å². The SMILES string of the molecule is Br.CCCC(Cc1ccccc1)C(C)(C)N. The molecule has 1 unspecified atom stereocenters. The third-order valence-corrected chi connectivity index (χ3v) is 3.01. The normalized spacial score (nSPS) is 13.0. The molecule has 0 spiro atoms. The van der Waals surface area contributed by atoms with Crippen molar-refractivity contribution in [2.75, 3.05) is 0 Å². The smallest absolute Gasteiger partial charge is 0.0129 e. The average molecular weight is 286 g/mol. The molecule has 2 N–H and O–H groups in total. The van der Waals surface area contributed by atoms with E-state index in [1.807, 2.05) is 0 Å². The van der Waals surface area contributed by atoms with E-state index >= 15 is 0 Å². The Hall–Kier alpha value is -0.340. The first kappa shape index (κ1) is 15.7. The minimum atomic E-state index is -0.0775. The zero-order valence-corrected chi connectivity index (χ0v) is 12.3. The molecule has 2 heteroatoms. The Kier molecular flexibility index (Phi) is 6.93. The van der Waals surface area contributed by atoms with Gasteiger partial charge in [-0.25, -0.2) is 0 Å². The standard InChI is InChI=1S/C14H23N.BrH/c1-4-8-13(14(2,3)15)11-12-9-6-5-7-10-12;/h5-7,9-10,13H,4,8,11,15H2,1-3H3;1H. The highest BCUT2D eigenvalue weighted by Gasteiger charge is 2.24. The molecule has 0 aliphatic heterocycles. The summed E-state index contributed by atoms with van der Waals surface area (Å²) in [5.74, 6) is 0.574. The van der Waals surface area contributed by atoms with Gasteiger partial charge in [0.1, 0.15) is 0 Å². The Morgan fingerprint density at radius 2 is 1.75 bits per heavy atom. The number of benzene rings is 1. The number of nitrogens with two attached hydrogens (primary N) is 1. The highest BCUT2D eigenvalue weighted by atomic mass is 79.9. The Bertz CT molecular complexity index is 277. The second kappa shape index (κ2) is 7.08. The highest BCUT2D eigenvalue weighted by molar-refractivity contribution is 8.93. The molecule has 1 aromatic carbocycles. The van der Waals surface area contributed by atoms with E-state index in [2.05, 4.69) is 51.1 Å². The first-order valence-electron chi connectivity index (χ1n) is 5.87. The summed E-state index contributed by atoms with van der Waals surface area (Å²) in [4.78, 5) is 0. The molecule has 0 bridgehead atoms. The van der Waals surface area contributed by atoms with Gasteiger partial charge in [-0.3, -0.25) is 0 Å². The Morgan fingerprint density at radius 3 is 2.19 bits per heavy atom. The van der Waals surface area contributed by atoms with Crippen LogP contribution in [0.2, 0.25) is 0 Å². The van der Waals surface area contributed by atoms with E-state index in [1.54, 1.807) is 0 Å². The van der Waals surface area contributed by atoms with Crippen LogP contribution in [-0.4, -0.2) is 5.54 Å². The van der Waals surface area contributed by atoms with Gasteiger partial charge in [0.25, 0.3) is 0 Å². The third-order valence-electron chi connectivity index (χ3n) is 3.01. The van der Waals surface area contributed by atoms with Gasteiger partial charge in [-0.15, -0.1) is 17.0 Å². The number of rotatable bonds is 5. The van der Waals surface area contributed by atoms with E-state index < -0.39 is 0 Å². The molecule has 1 atom stereocenters. The first-order valence-corrected chi connectivity index (χ1v) is 5.87. The molecule has 0 saturated carbocycles. The van der Waals surface area contributed by atoms with Gasteiger partial charge in [0.2, 0.25) is 0 Å². The molecule has 0 radical (unpaired) electrons. The van der Waals surface area contributed by atoms with Crippen LogP contribution in [0.5, 0.6) is 0 Å². The van der Waals surface area contributed by atoms with E-state index in [-0.39, 0.29) is 22.5 Å². The van der Waals surface area contributed by atoms with Gasteiger partial charge in [-0.05, 0) is 38.2 Å². The van der Waals surface area contributed by atoms with Crippen molar-refractivity contribution < 1.29 is 0 Å². The lowest BCUT2D eigenvalue weighted by Crippen LogP contribution is -2.41. The number of hydrogen-bond acceptors (Lipinski definition) is 1. The highest BCUT2D eigenvalue weighted by Crippen LogP contribution is 2.23. The van der Waals surface area contributed by atoms with Crippen LogP contribution in [0.15, 0.2) is 30.3 Å². The molecule has 0 heterocycles. The van der Waals surface area contributed by atoms with Crippen molar-refractivity contribution in [3.8, 4) is 0 Å². The van der Waals surface area contributed by atoms with Crippen molar-refractivity contribution in [3.05, 3.63) is 35.9 Å². The van der Waals surface area contributed by atoms with E-state index in [0.29, 0.717) is 5.92 Å². The molecule has 1 aromatic rings. The summed E-state index contributed by atoms with van der Waals surface area (Å²) in [5.41, 5.74) is 7.53. The van der Waals surface area contributed by atoms with Crippen LogP contribution < -0.4 is 5.73 Å². The summed E-state index contributed by atoms with van der Waals surface area (Å²) >= 11 is 0. The van der Waals surface area contributed by atoms with Gasteiger partial charge in [-0.2, -0.15) is 0 Å². The molecule has 92 valence electrons. The van der Waals surface area contributed by atoms with Crippen molar-refractivity contribution >= 4 is 17.0 Å². The van der Waals surface area contributed by atoms with Crippen molar-refractivity contribution in [1.82, 2.24) is 0 Å². The lowest BCUT2D eigenvalue weighted by atomic mass is 9.80. The maximum Gasteiger partial charge on any atom is 0.0129 e. The van der Waals surface area contributed by atoms with Crippen LogP contribution in [0.3, 0.4) is 0 Å². The zero-order chi connectivity index (χ0) is 11.3. The van der Waals surface area contributed by atoms with Crippen LogP contribution in [0, 0.1) is 5.92 Å². The molecule has 0 fully saturated rings. The number of halogens is 1. The Balaban J connectivity index is 0.00000225. The van der Waals surface area contributed by atoms with Crippen LogP contribution in [-0.2, 0) is 6.42 Å². The van der Waals surface area contributed by atoms with Gasteiger partial charge in [-0.1, -0.05) is 43.7 Å². The van der Waals surface area contributed by atoms with E-state index in [4.69, 9.17) is 5.73 Å². The van der Waals surface area contributed by atoms with Gasteiger partial charge >= 0.3 is 0 Å². The predicted molar refractivity (Wildman–Crippen MR) is 77.1 cm³/mol. The van der Waals surface area contributed by atoms with Crippen LogP contribution in [0.4, 0.5) is 0 Å². The summed E-state index contributed by atoms with van der Waals surface area (Å²) in [6, 6.07) is 10.6. The molecular weight excluding hydrogens is 262 g/mol. The molecule has 1 nitrogen and oxygen atoms in total.